The smallest absolute Gasteiger partial charge is 0.191 e. The van der Waals surface area contributed by atoms with Gasteiger partial charge in [0.05, 0.1) is 19.4 Å². The largest absolute Gasteiger partial charge is 0.496 e. The first-order valence-corrected chi connectivity index (χ1v) is 10.7. The monoisotopic (exact) mass is 547 g/mol. The van der Waals surface area contributed by atoms with Crippen LogP contribution in [0, 0.1) is 0 Å². The number of hydrogen-bond acceptors (Lipinski definition) is 4. The SMILES string of the molecule is CCNC(=NCc1cc(Br)ccc1OC)NC(C)CCS(C)(=O)=O.I. The summed E-state index contributed by atoms with van der Waals surface area (Å²) in [7, 11) is -1.33. The molecule has 0 saturated carbocycles. The number of halogens is 2. The number of sulfone groups is 1. The van der Waals surface area contributed by atoms with Crippen molar-refractivity contribution in [2.45, 2.75) is 32.9 Å². The Labute approximate surface area is 176 Å². The van der Waals surface area contributed by atoms with E-state index in [9.17, 15) is 8.42 Å². The highest BCUT2D eigenvalue weighted by molar-refractivity contribution is 14.0. The summed E-state index contributed by atoms with van der Waals surface area (Å²) in [5.74, 6) is 1.59. The standard InChI is InChI=1S/C16H26BrN3O3S.HI/c1-5-18-16(20-12(2)8-9-24(4,21)22)19-11-13-10-14(17)6-7-15(13)23-3;/h6-7,10,12H,5,8-9,11H2,1-4H3,(H2,18,19,20);1H. The molecule has 9 heteroatoms. The van der Waals surface area contributed by atoms with Gasteiger partial charge in [0.25, 0.3) is 0 Å². The van der Waals surface area contributed by atoms with Crippen LogP contribution in [0.3, 0.4) is 0 Å². The van der Waals surface area contributed by atoms with Gasteiger partial charge in [-0.2, -0.15) is 0 Å². The Morgan fingerprint density at radius 1 is 1.40 bits per heavy atom. The van der Waals surface area contributed by atoms with Gasteiger partial charge in [-0.15, -0.1) is 24.0 Å². The molecular weight excluding hydrogens is 521 g/mol. The molecule has 0 aliphatic heterocycles. The number of nitrogens with zero attached hydrogens (tertiary/aromatic N) is 1. The van der Waals surface area contributed by atoms with Gasteiger partial charge in [-0.1, -0.05) is 15.9 Å². The van der Waals surface area contributed by atoms with Gasteiger partial charge >= 0.3 is 0 Å². The van der Waals surface area contributed by atoms with Crippen LogP contribution in [-0.4, -0.2) is 46.1 Å². The Morgan fingerprint density at radius 2 is 2.08 bits per heavy atom. The number of aliphatic imine (C=N–C) groups is 1. The first-order chi connectivity index (χ1) is 11.2. The highest BCUT2D eigenvalue weighted by Crippen LogP contribution is 2.23. The zero-order chi connectivity index (χ0) is 18.2. The Morgan fingerprint density at radius 3 is 2.64 bits per heavy atom. The van der Waals surface area contributed by atoms with Gasteiger partial charge in [-0.3, -0.25) is 0 Å². The van der Waals surface area contributed by atoms with Crippen molar-refractivity contribution < 1.29 is 13.2 Å². The Hall–Kier alpha value is -0.550. The van der Waals surface area contributed by atoms with Crippen LogP contribution in [0.25, 0.3) is 0 Å². The lowest BCUT2D eigenvalue weighted by atomic mass is 10.2. The number of guanidine groups is 1. The molecule has 0 saturated heterocycles. The maximum atomic E-state index is 11.3. The van der Waals surface area contributed by atoms with Gasteiger partial charge in [0, 0.05) is 28.9 Å². The number of benzene rings is 1. The number of nitrogens with one attached hydrogen (secondary N) is 2. The van der Waals surface area contributed by atoms with E-state index in [0.717, 1.165) is 22.3 Å². The van der Waals surface area contributed by atoms with Gasteiger partial charge in [-0.25, -0.2) is 13.4 Å². The Kier molecular flexibility index (Phi) is 11.7. The fourth-order valence-corrected chi connectivity index (χ4v) is 3.24. The van der Waals surface area contributed by atoms with E-state index in [2.05, 4.69) is 31.6 Å². The normalized spacial score (nSPS) is 12.9. The Balaban J connectivity index is 0.00000576. The van der Waals surface area contributed by atoms with Crippen molar-refractivity contribution in [2.75, 3.05) is 25.7 Å². The lowest BCUT2D eigenvalue weighted by Crippen LogP contribution is -2.42. The summed E-state index contributed by atoms with van der Waals surface area (Å²) in [4.78, 5) is 4.56. The molecule has 0 aromatic heterocycles. The molecule has 1 aromatic carbocycles. The second-order valence-corrected chi connectivity index (χ2v) is 8.79. The maximum absolute atomic E-state index is 11.3. The van der Waals surface area contributed by atoms with Crippen molar-refractivity contribution in [1.82, 2.24) is 10.6 Å². The van der Waals surface area contributed by atoms with Gasteiger partial charge in [-0.05, 0) is 38.5 Å². The molecule has 1 atom stereocenters. The van der Waals surface area contributed by atoms with Crippen molar-refractivity contribution in [3.63, 3.8) is 0 Å². The van der Waals surface area contributed by atoms with E-state index in [-0.39, 0.29) is 35.8 Å². The highest BCUT2D eigenvalue weighted by Gasteiger charge is 2.10. The third-order valence-corrected chi connectivity index (χ3v) is 4.77. The second-order valence-electron chi connectivity index (χ2n) is 5.62. The molecule has 0 spiro atoms. The van der Waals surface area contributed by atoms with E-state index in [1.54, 1.807) is 7.11 Å². The minimum absolute atomic E-state index is 0. The van der Waals surface area contributed by atoms with Crippen LogP contribution < -0.4 is 15.4 Å². The molecule has 144 valence electrons. The van der Waals surface area contributed by atoms with E-state index in [4.69, 9.17) is 4.74 Å². The minimum Gasteiger partial charge on any atom is -0.496 e. The van der Waals surface area contributed by atoms with E-state index < -0.39 is 9.84 Å². The van der Waals surface area contributed by atoms with Crippen molar-refractivity contribution in [3.05, 3.63) is 28.2 Å². The topological polar surface area (TPSA) is 79.8 Å². The molecule has 0 fully saturated rings. The summed E-state index contributed by atoms with van der Waals surface area (Å²) in [6.07, 6.45) is 1.78. The van der Waals surface area contributed by atoms with Crippen LogP contribution in [0.5, 0.6) is 5.75 Å². The molecule has 0 aliphatic rings. The molecule has 0 radical (unpaired) electrons. The molecule has 0 bridgehead atoms. The predicted molar refractivity (Wildman–Crippen MR) is 118 cm³/mol. The number of ether oxygens (including phenoxy) is 1. The first-order valence-electron chi connectivity index (χ1n) is 7.80. The van der Waals surface area contributed by atoms with Crippen molar-refractivity contribution in [3.8, 4) is 5.75 Å². The molecule has 6 nitrogen and oxygen atoms in total. The molecule has 25 heavy (non-hydrogen) atoms. The summed E-state index contributed by atoms with van der Waals surface area (Å²) < 4.78 is 28.9. The minimum atomic E-state index is -2.96. The molecule has 0 aliphatic carbocycles. The van der Waals surface area contributed by atoms with Crippen LogP contribution >= 0.6 is 39.9 Å². The van der Waals surface area contributed by atoms with Crippen LogP contribution in [0.1, 0.15) is 25.8 Å². The van der Waals surface area contributed by atoms with Crippen LogP contribution in [0.4, 0.5) is 0 Å². The maximum Gasteiger partial charge on any atom is 0.191 e. The molecule has 0 heterocycles. The van der Waals surface area contributed by atoms with Crippen molar-refractivity contribution in [2.24, 2.45) is 4.99 Å². The fourth-order valence-electron chi connectivity index (χ4n) is 2.05. The van der Waals surface area contributed by atoms with Crippen molar-refractivity contribution >= 4 is 55.7 Å². The summed E-state index contributed by atoms with van der Waals surface area (Å²) in [5.41, 5.74) is 0.966. The van der Waals surface area contributed by atoms with Gasteiger partial charge in [0.2, 0.25) is 0 Å². The molecule has 2 N–H and O–H groups in total. The van der Waals surface area contributed by atoms with E-state index in [0.29, 0.717) is 18.9 Å². The van der Waals surface area contributed by atoms with Crippen LogP contribution in [0.15, 0.2) is 27.7 Å². The van der Waals surface area contributed by atoms with E-state index in [1.807, 2.05) is 32.0 Å². The average molecular weight is 548 g/mol. The van der Waals surface area contributed by atoms with Crippen LogP contribution in [-0.2, 0) is 16.4 Å². The second kappa shape index (κ2) is 11.9. The summed E-state index contributed by atoms with van der Waals surface area (Å²) in [6, 6.07) is 5.79. The number of hydrogen-bond donors (Lipinski definition) is 2. The van der Waals surface area contributed by atoms with E-state index in [1.165, 1.54) is 6.26 Å². The van der Waals surface area contributed by atoms with Gasteiger partial charge in [0.15, 0.2) is 5.96 Å². The third kappa shape index (κ3) is 10.2. The molecule has 1 rings (SSSR count). The lowest BCUT2D eigenvalue weighted by Gasteiger charge is -2.17. The van der Waals surface area contributed by atoms with Gasteiger partial charge < -0.3 is 15.4 Å². The highest BCUT2D eigenvalue weighted by atomic mass is 127. The quantitative estimate of drug-likeness (QED) is 0.297. The molecular formula is C16H27BrIN3O3S. The zero-order valence-electron chi connectivity index (χ0n) is 15.0. The van der Waals surface area contributed by atoms with Crippen molar-refractivity contribution in [1.29, 1.82) is 0 Å². The summed E-state index contributed by atoms with van der Waals surface area (Å²) >= 11 is 3.45. The fraction of sp³-hybridized carbons (Fsp3) is 0.562. The first kappa shape index (κ1) is 24.5. The van der Waals surface area contributed by atoms with E-state index >= 15 is 0 Å². The molecule has 0 amide bonds. The lowest BCUT2D eigenvalue weighted by molar-refractivity contribution is 0.409. The number of methoxy groups -OCH3 is 1. The van der Waals surface area contributed by atoms with Gasteiger partial charge in [0.1, 0.15) is 15.6 Å². The Bertz CT molecular complexity index is 669. The number of rotatable bonds is 8. The molecule has 1 unspecified atom stereocenters. The van der Waals surface area contributed by atoms with Crippen LogP contribution in [0.2, 0.25) is 0 Å². The predicted octanol–water partition coefficient (Wildman–Crippen LogP) is 2.95. The average Bonchev–Trinajstić information content (AvgIpc) is 2.50. The third-order valence-electron chi connectivity index (χ3n) is 3.30. The summed E-state index contributed by atoms with van der Waals surface area (Å²) in [5, 5.41) is 6.40. The zero-order valence-corrected chi connectivity index (χ0v) is 19.7. The molecule has 1 aromatic rings. The summed E-state index contributed by atoms with van der Waals surface area (Å²) in [6.45, 7) is 5.10.